The highest BCUT2D eigenvalue weighted by Crippen LogP contribution is 2.21. The summed E-state index contributed by atoms with van der Waals surface area (Å²) in [6.07, 6.45) is 0.645. The molecule has 0 aliphatic carbocycles. The number of nitrogens with one attached hydrogen (secondary N) is 1. The van der Waals surface area contributed by atoms with Gasteiger partial charge in [-0.05, 0) is 73.9 Å². The van der Waals surface area contributed by atoms with E-state index in [4.69, 9.17) is 17.3 Å². The number of aromatic amines is 1. The standard InChI is InChI=1S/C19H19N3O2S/c1-11-8-12(2)16(13(3)9-11)10-17-20-21-19(25)22(17)15-6-4-14(5-7-15)18(23)24/h4-9H,10H2,1-3H3,(H,21,25)(H,23,24). The molecule has 6 heteroatoms. The van der Waals surface area contributed by atoms with E-state index in [1.165, 1.54) is 22.3 Å². The van der Waals surface area contributed by atoms with E-state index in [9.17, 15) is 4.79 Å². The summed E-state index contributed by atoms with van der Waals surface area (Å²) >= 11 is 5.37. The number of aromatic nitrogens is 3. The molecule has 25 heavy (non-hydrogen) atoms. The third-order valence-corrected chi connectivity index (χ3v) is 4.56. The largest absolute Gasteiger partial charge is 0.478 e. The van der Waals surface area contributed by atoms with E-state index in [2.05, 4.69) is 43.1 Å². The number of aromatic carboxylic acids is 1. The lowest BCUT2D eigenvalue weighted by Crippen LogP contribution is -2.06. The average Bonchev–Trinajstić information content (AvgIpc) is 2.91. The molecule has 0 aliphatic rings. The van der Waals surface area contributed by atoms with Gasteiger partial charge in [0, 0.05) is 12.1 Å². The number of carboxylic acids is 1. The third kappa shape index (κ3) is 3.39. The molecule has 2 N–H and O–H groups in total. The zero-order valence-corrected chi connectivity index (χ0v) is 15.1. The number of benzene rings is 2. The number of aryl methyl sites for hydroxylation is 3. The fourth-order valence-corrected chi connectivity index (χ4v) is 3.37. The highest BCUT2D eigenvalue weighted by atomic mass is 32.1. The first-order valence-electron chi connectivity index (χ1n) is 7.93. The lowest BCUT2D eigenvalue weighted by Gasteiger charge is -2.12. The first-order valence-corrected chi connectivity index (χ1v) is 8.34. The fourth-order valence-electron chi connectivity index (χ4n) is 3.11. The van der Waals surface area contributed by atoms with E-state index in [1.807, 2.05) is 4.57 Å². The third-order valence-electron chi connectivity index (χ3n) is 4.29. The normalized spacial score (nSPS) is 10.8. The van der Waals surface area contributed by atoms with Crippen molar-refractivity contribution in [1.29, 1.82) is 0 Å². The van der Waals surface area contributed by atoms with Crippen LogP contribution in [0.3, 0.4) is 0 Å². The van der Waals surface area contributed by atoms with Crippen molar-refractivity contribution in [2.24, 2.45) is 0 Å². The van der Waals surface area contributed by atoms with Gasteiger partial charge in [-0.15, -0.1) is 0 Å². The first kappa shape index (κ1) is 17.1. The number of carboxylic acid groups (broad SMARTS) is 1. The van der Waals surface area contributed by atoms with Gasteiger partial charge >= 0.3 is 5.97 Å². The molecular weight excluding hydrogens is 334 g/mol. The van der Waals surface area contributed by atoms with Crippen molar-refractivity contribution in [3.05, 3.63) is 74.8 Å². The van der Waals surface area contributed by atoms with Crippen molar-refractivity contribution in [1.82, 2.24) is 14.8 Å². The molecule has 0 aliphatic heterocycles. The molecule has 2 aromatic carbocycles. The van der Waals surface area contributed by atoms with Gasteiger partial charge in [0.1, 0.15) is 5.82 Å². The number of H-pyrrole nitrogens is 1. The number of nitrogens with zero attached hydrogens (tertiary/aromatic N) is 2. The lowest BCUT2D eigenvalue weighted by molar-refractivity contribution is 0.0697. The summed E-state index contributed by atoms with van der Waals surface area (Å²) < 4.78 is 2.33. The Morgan fingerprint density at radius 2 is 1.76 bits per heavy atom. The molecule has 0 saturated heterocycles. The van der Waals surface area contributed by atoms with Gasteiger partial charge in [0.15, 0.2) is 4.77 Å². The highest BCUT2D eigenvalue weighted by molar-refractivity contribution is 7.71. The predicted octanol–water partition coefficient (Wildman–Crippen LogP) is 4.14. The zero-order chi connectivity index (χ0) is 18.1. The van der Waals surface area contributed by atoms with Crippen molar-refractivity contribution in [3.8, 4) is 5.69 Å². The summed E-state index contributed by atoms with van der Waals surface area (Å²) in [6.45, 7) is 6.29. The molecular formula is C19H19N3O2S. The Labute approximate surface area is 151 Å². The molecule has 3 rings (SSSR count). The molecule has 5 nitrogen and oxygen atoms in total. The van der Waals surface area contributed by atoms with Crippen molar-refractivity contribution < 1.29 is 9.90 Å². The molecule has 1 heterocycles. The van der Waals surface area contributed by atoms with Crippen LogP contribution in [0.1, 0.15) is 38.4 Å². The summed E-state index contributed by atoms with van der Waals surface area (Å²) in [6, 6.07) is 10.9. The molecule has 0 saturated carbocycles. The Morgan fingerprint density at radius 3 is 2.32 bits per heavy atom. The summed E-state index contributed by atoms with van der Waals surface area (Å²) in [5.41, 5.74) is 5.94. The number of hydrogen-bond acceptors (Lipinski definition) is 3. The van der Waals surface area contributed by atoms with E-state index in [-0.39, 0.29) is 5.56 Å². The topological polar surface area (TPSA) is 70.9 Å². The molecule has 0 atom stereocenters. The van der Waals surface area contributed by atoms with Crippen LogP contribution >= 0.6 is 12.2 Å². The molecule has 0 fully saturated rings. The number of rotatable bonds is 4. The maximum atomic E-state index is 11.0. The highest BCUT2D eigenvalue weighted by Gasteiger charge is 2.13. The van der Waals surface area contributed by atoms with E-state index in [0.29, 0.717) is 11.2 Å². The Bertz CT molecular complexity index is 977. The van der Waals surface area contributed by atoms with Gasteiger partial charge in [-0.3, -0.25) is 9.67 Å². The fraction of sp³-hybridized carbons (Fsp3) is 0.211. The van der Waals surface area contributed by atoms with E-state index >= 15 is 0 Å². The van der Waals surface area contributed by atoms with Gasteiger partial charge in [-0.25, -0.2) is 4.79 Å². The Hall–Kier alpha value is -2.73. The molecule has 128 valence electrons. The van der Waals surface area contributed by atoms with Gasteiger partial charge < -0.3 is 5.11 Å². The number of carbonyl (C=O) groups is 1. The van der Waals surface area contributed by atoms with Gasteiger partial charge in [-0.2, -0.15) is 5.10 Å². The smallest absolute Gasteiger partial charge is 0.335 e. The Balaban J connectivity index is 2.03. The maximum absolute atomic E-state index is 11.0. The Kier molecular flexibility index (Phi) is 4.55. The zero-order valence-electron chi connectivity index (χ0n) is 14.3. The van der Waals surface area contributed by atoms with E-state index in [1.54, 1.807) is 24.3 Å². The average molecular weight is 353 g/mol. The van der Waals surface area contributed by atoms with Crippen LogP contribution in [-0.2, 0) is 6.42 Å². The van der Waals surface area contributed by atoms with Crippen molar-refractivity contribution >= 4 is 18.2 Å². The van der Waals surface area contributed by atoms with Crippen LogP contribution in [0.2, 0.25) is 0 Å². The summed E-state index contributed by atoms with van der Waals surface area (Å²) in [4.78, 5) is 11.0. The van der Waals surface area contributed by atoms with Gasteiger partial charge in [-0.1, -0.05) is 17.7 Å². The second kappa shape index (κ2) is 6.64. The quantitative estimate of drug-likeness (QED) is 0.692. The van der Waals surface area contributed by atoms with Crippen molar-refractivity contribution in [3.63, 3.8) is 0 Å². The summed E-state index contributed by atoms with van der Waals surface area (Å²) in [5, 5.41) is 16.3. The molecule has 0 radical (unpaired) electrons. The van der Waals surface area contributed by atoms with Crippen LogP contribution in [0.15, 0.2) is 36.4 Å². The van der Waals surface area contributed by atoms with Crippen LogP contribution in [0.5, 0.6) is 0 Å². The van der Waals surface area contributed by atoms with Crippen molar-refractivity contribution in [2.75, 3.05) is 0 Å². The SMILES string of the molecule is Cc1cc(C)c(Cc2n[nH]c(=S)n2-c2ccc(C(=O)O)cc2)c(C)c1. The molecule has 0 bridgehead atoms. The van der Waals surface area contributed by atoms with E-state index < -0.39 is 5.97 Å². The molecule has 3 aromatic rings. The monoisotopic (exact) mass is 353 g/mol. The second-order valence-corrected chi connectivity index (χ2v) is 6.57. The molecule has 0 unspecified atom stereocenters. The maximum Gasteiger partial charge on any atom is 0.335 e. The van der Waals surface area contributed by atoms with Crippen LogP contribution in [0.25, 0.3) is 5.69 Å². The summed E-state index contributed by atoms with van der Waals surface area (Å²) in [5.74, 6) is -0.156. The minimum absolute atomic E-state index is 0.241. The van der Waals surface area contributed by atoms with Crippen molar-refractivity contribution in [2.45, 2.75) is 27.2 Å². The van der Waals surface area contributed by atoms with Crippen LogP contribution in [0.4, 0.5) is 0 Å². The molecule has 1 aromatic heterocycles. The predicted molar refractivity (Wildman–Crippen MR) is 99.2 cm³/mol. The van der Waals surface area contributed by atoms with Gasteiger partial charge in [0.2, 0.25) is 0 Å². The number of hydrogen-bond donors (Lipinski definition) is 2. The summed E-state index contributed by atoms with van der Waals surface area (Å²) in [7, 11) is 0. The van der Waals surface area contributed by atoms with Crippen LogP contribution < -0.4 is 0 Å². The molecule has 0 amide bonds. The lowest BCUT2D eigenvalue weighted by atomic mass is 9.97. The minimum atomic E-state index is -0.950. The minimum Gasteiger partial charge on any atom is -0.478 e. The van der Waals surface area contributed by atoms with Crippen LogP contribution in [-0.4, -0.2) is 25.8 Å². The second-order valence-electron chi connectivity index (χ2n) is 6.19. The molecule has 0 spiro atoms. The first-order chi connectivity index (χ1) is 11.9. The van der Waals surface area contributed by atoms with Gasteiger partial charge in [0.25, 0.3) is 0 Å². The van der Waals surface area contributed by atoms with Gasteiger partial charge in [0.05, 0.1) is 5.56 Å². The Morgan fingerprint density at radius 1 is 1.16 bits per heavy atom. The van der Waals surface area contributed by atoms with E-state index in [0.717, 1.165) is 11.5 Å². The van der Waals surface area contributed by atoms with Crippen LogP contribution in [0, 0.1) is 25.5 Å².